The van der Waals surface area contributed by atoms with Gasteiger partial charge < -0.3 is 14.5 Å². The lowest BCUT2D eigenvalue weighted by atomic mass is 10.0. The van der Waals surface area contributed by atoms with Crippen LogP contribution in [0.4, 0.5) is 4.39 Å². The standard InChI is InChI=1S/C21H24ClFN4O3/c1-25-19-6-7-27(21(29)14-2-3-17(23)16(22)12-14)13-15(19)18(24-25)4-5-20(28)26-8-10-30-11-9-26/h2-3,12H,4-11,13H2,1H3. The van der Waals surface area contributed by atoms with E-state index < -0.39 is 5.82 Å². The summed E-state index contributed by atoms with van der Waals surface area (Å²) in [6, 6.07) is 4.02. The number of fused-ring (bicyclic) bond motifs is 1. The van der Waals surface area contributed by atoms with Crippen molar-refractivity contribution in [2.75, 3.05) is 32.8 Å². The van der Waals surface area contributed by atoms with E-state index in [0.717, 1.165) is 17.0 Å². The van der Waals surface area contributed by atoms with Gasteiger partial charge in [-0.2, -0.15) is 5.10 Å². The lowest BCUT2D eigenvalue weighted by Crippen LogP contribution is -2.40. The van der Waals surface area contributed by atoms with Crippen LogP contribution in [0.15, 0.2) is 18.2 Å². The smallest absolute Gasteiger partial charge is 0.254 e. The Hall–Kier alpha value is -2.45. The molecule has 4 rings (SSSR count). The molecule has 2 amide bonds. The maximum Gasteiger partial charge on any atom is 0.254 e. The average molecular weight is 435 g/mol. The molecule has 7 nitrogen and oxygen atoms in total. The summed E-state index contributed by atoms with van der Waals surface area (Å²) < 4.78 is 20.6. The highest BCUT2D eigenvalue weighted by molar-refractivity contribution is 6.31. The van der Waals surface area contributed by atoms with Gasteiger partial charge in [0.1, 0.15) is 5.82 Å². The molecule has 0 unspecified atom stereocenters. The van der Waals surface area contributed by atoms with Gasteiger partial charge in [0, 0.05) is 69.3 Å². The number of hydrogen-bond acceptors (Lipinski definition) is 4. The minimum atomic E-state index is -0.548. The fourth-order valence-corrected chi connectivity index (χ4v) is 4.23. The molecular weight excluding hydrogens is 411 g/mol. The Morgan fingerprint density at radius 2 is 1.97 bits per heavy atom. The first-order chi connectivity index (χ1) is 14.4. The predicted octanol–water partition coefficient (Wildman–Crippen LogP) is 2.20. The van der Waals surface area contributed by atoms with E-state index in [2.05, 4.69) is 5.10 Å². The lowest BCUT2D eigenvalue weighted by molar-refractivity contribution is -0.135. The van der Waals surface area contributed by atoms with Gasteiger partial charge in [0.15, 0.2) is 0 Å². The topological polar surface area (TPSA) is 67.7 Å². The van der Waals surface area contributed by atoms with Crippen molar-refractivity contribution in [2.45, 2.75) is 25.8 Å². The maximum absolute atomic E-state index is 13.4. The van der Waals surface area contributed by atoms with Crippen LogP contribution >= 0.6 is 11.6 Å². The number of halogens is 2. The zero-order valence-electron chi connectivity index (χ0n) is 16.9. The molecule has 1 aromatic carbocycles. The molecule has 2 aromatic rings. The van der Waals surface area contributed by atoms with Crippen molar-refractivity contribution in [2.24, 2.45) is 7.05 Å². The number of hydrogen-bond donors (Lipinski definition) is 0. The van der Waals surface area contributed by atoms with E-state index in [9.17, 15) is 14.0 Å². The van der Waals surface area contributed by atoms with Crippen molar-refractivity contribution in [1.29, 1.82) is 0 Å². The molecule has 1 fully saturated rings. The summed E-state index contributed by atoms with van der Waals surface area (Å²) >= 11 is 5.84. The lowest BCUT2D eigenvalue weighted by Gasteiger charge is -2.28. The van der Waals surface area contributed by atoms with Crippen LogP contribution in [0.3, 0.4) is 0 Å². The number of carbonyl (C=O) groups is 2. The van der Waals surface area contributed by atoms with Gasteiger partial charge in [0.05, 0.1) is 23.9 Å². The van der Waals surface area contributed by atoms with Crippen LogP contribution in [0.2, 0.25) is 5.02 Å². The van der Waals surface area contributed by atoms with Crippen LogP contribution in [0.25, 0.3) is 0 Å². The van der Waals surface area contributed by atoms with Gasteiger partial charge in [-0.05, 0) is 18.2 Å². The Balaban J connectivity index is 1.46. The van der Waals surface area contributed by atoms with Crippen LogP contribution in [-0.2, 0) is 36.0 Å². The van der Waals surface area contributed by atoms with Gasteiger partial charge in [-0.25, -0.2) is 4.39 Å². The second kappa shape index (κ2) is 8.73. The summed E-state index contributed by atoms with van der Waals surface area (Å²) in [5.41, 5.74) is 3.30. The summed E-state index contributed by atoms with van der Waals surface area (Å²) in [7, 11) is 1.89. The Morgan fingerprint density at radius 3 is 2.70 bits per heavy atom. The Labute approximate surface area is 179 Å². The number of ether oxygens (including phenoxy) is 1. The van der Waals surface area contributed by atoms with Gasteiger partial charge in [-0.3, -0.25) is 14.3 Å². The summed E-state index contributed by atoms with van der Waals surface area (Å²) in [5, 5.41) is 4.55. The van der Waals surface area contributed by atoms with Gasteiger partial charge >= 0.3 is 0 Å². The number of aromatic nitrogens is 2. The van der Waals surface area contributed by atoms with Crippen molar-refractivity contribution >= 4 is 23.4 Å². The Kier molecular flexibility index (Phi) is 6.06. The zero-order chi connectivity index (χ0) is 21.3. The van der Waals surface area contributed by atoms with E-state index in [0.29, 0.717) is 64.2 Å². The molecule has 2 aliphatic rings. The second-order valence-corrected chi connectivity index (χ2v) is 8.00. The number of nitrogens with zero attached hydrogens (tertiary/aromatic N) is 4. The van der Waals surface area contributed by atoms with Gasteiger partial charge in [-0.1, -0.05) is 11.6 Å². The van der Waals surface area contributed by atoms with E-state index in [1.54, 1.807) is 4.90 Å². The average Bonchev–Trinajstić information content (AvgIpc) is 3.09. The minimum Gasteiger partial charge on any atom is -0.378 e. The molecule has 0 bridgehead atoms. The highest BCUT2D eigenvalue weighted by Crippen LogP contribution is 2.25. The number of morpholine rings is 1. The molecule has 9 heteroatoms. The largest absolute Gasteiger partial charge is 0.378 e. The first-order valence-electron chi connectivity index (χ1n) is 10.1. The van der Waals surface area contributed by atoms with Crippen LogP contribution in [-0.4, -0.2) is 64.2 Å². The molecule has 0 saturated carbocycles. The summed E-state index contributed by atoms with van der Waals surface area (Å²) in [6.07, 6.45) is 1.59. The molecule has 0 N–H and O–H groups in total. The molecule has 2 aliphatic heterocycles. The Bertz CT molecular complexity index is 971. The van der Waals surface area contributed by atoms with Gasteiger partial charge in [0.25, 0.3) is 5.91 Å². The van der Waals surface area contributed by atoms with Crippen molar-refractivity contribution in [3.8, 4) is 0 Å². The highest BCUT2D eigenvalue weighted by Gasteiger charge is 2.28. The van der Waals surface area contributed by atoms with Crippen LogP contribution in [0.1, 0.15) is 33.7 Å². The van der Waals surface area contributed by atoms with Gasteiger partial charge in [0.2, 0.25) is 5.91 Å². The molecule has 160 valence electrons. The van der Waals surface area contributed by atoms with Crippen molar-refractivity contribution in [3.05, 3.63) is 51.6 Å². The van der Waals surface area contributed by atoms with E-state index in [4.69, 9.17) is 16.3 Å². The monoisotopic (exact) mass is 434 g/mol. The first kappa shape index (κ1) is 20.8. The molecule has 0 radical (unpaired) electrons. The van der Waals surface area contributed by atoms with E-state index in [1.807, 2.05) is 16.6 Å². The molecule has 30 heavy (non-hydrogen) atoms. The fourth-order valence-electron chi connectivity index (χ4n) is 4.05. The molecule has 1 saturated heterocycles. The van der Waals surface area contributed by atoms with E-state index >= 15 is 0 Å². The quantitative estimate of drug-likeness (QED) is 0.740. The van der Waals surface area contributed by atoms with E-state index in [1.165, 1.54) is 18.2 Å². The molecule has 0 atom stereocenters. The van der Waals surface area contributed by atoms with Gasteiger partial charge in [-0.15, -0.1) is 0 Å². The van der Waals surface area contributed by atoms with Crippen LogP contribution in [0, 0.1) is 5.82 Å². The summed E-state index contributed by atoms with van der Waals surface area (Å²) in [5.74, 6) is -0.641. The SMILES string of the molecule is Cn1nc(CCC(=O)N2CCOCC2)c2c1CCN(C(=O)c1ccc(F)c(Cl)c1)C2. The van der Waals surface area contributed by atoms with Crippen molar-refractivity contribution in [3.63, 3.8) is 0 Å². The number of amides is 2. The Morgan fingerprint density at radius 1 is 1.20 bits per heavy atom. The molecule has 1 aromatic heterocycles. The summed E-state index contributed by atoms with van der Waals surface area (Å²) in [4.78, 5) is 28.9. The zero-order valence-corrected chi connectivity index (χ0v) is 17.6. The van der Waals surface area contributed by atoms with Crippen LogP contribution < -0.4 is 0 Å². The fraction of sp³-hybridized carbons (Fsp3) is 0.476. The number of aryl methyl sites for hydroxylation is 2. The van der Waals surface area contributed by atoms with Crippen molar-refractivity contribution in [1.82, 2.24) is 19.6 Å². The first-order valence-corrected chi connectivity index (χ1v) is 10.5. The third-order valence-electron chi connectivity index (χ3n) is 5.72. The predicted molar refractivity (Wildman–Crippen MR) is 109 cm³/mol. The normalized spacial score (nSPS) is 16.5. The number of rotatable bonds is 4. The number of carbonyl (C=O) groups excluding carboxylic acids is 2. The minimum absolute atomic E-state index is 0.0674. The third kappa shape index (κ3) is 4.20. The van der Waals surface area contributed by atoms with Crippen LogP contribution in [0.5, 0.6) is 0 Å². The van der Waals surface area contributed by atoms with E-state index in [-0.39, 0.29) is 16.8 Å². The molecule has 3 heterocycles. The third-order valence-corrected chi connectivity index (χ3v) is 6.01. The maximum atomic E-state index is 13.4. The van der Waals surface area contributed by atoms with Crippen molar-refractivity contribution < 1.29 is 18.7 Å². The molecular formula is C21H24ClFN4O3. The second-order valence-electron chi connectivity index (χ2n) is 7.59. The summed E-state index contributed by atoms with van der Waals surface area (Å²) in [6.45, 7) is 3.37. The molecule has 0 aliphatic carbocycles. The number of benzene rings is 1. The highest BCUT2D eigenvalue weighted by atomic mass is 35.5. The molecule has 0 spiro atoms.